The minimum absolute atomic E-state index is 0.201. The quantitative estimate of drug-likeness (QED) is 0.415. The Hall–Kier alpha value is -3.31. The first-order chi connectivity index (χ1) is 15.2. The molecule has 2 N–H and O–H groups in total. The van der Waals surface area contributed by atoms with Crippen molar-refractivity contribution in [3.05, 3.63) is 63.9 Å². The van der Waals surface area contributed by atoms with Crippen molar-refractivity contribution in [1.82, 2.24) is 14.7 Å². The standard InChI is InChI=1S/C21H22FN5O3S2/c1-12-16(20(29)30-4)18(32-17(12)19(28)26(2)3)24-21(31)23-15-9-10-27(25-15)11-13-5-7-14(22)8-6-13/h5-10H,11H2,1-4H3,(H2,23,24,25,31). The van der Waals surface area contributed by atoms with Crippen molar-refractivity contribution in [3.8, 4) is 0 Å². The fourth-order valence-corrected chi connectivity index (χ4v) is 4.39. The third kappa shape index (κ3) is 5.29. The molecule has 0 radical (unpaired) electrons. The van der Waals surface area contributed by atoms with Gasteiger partial charge in [0, 0.05) is 26.4 Å². The van der Waals surface area contributed by atoms with Gasteiger partial charge in [0.05, 0.1) is 24.1 Å². The van der Waals surface area contributed by atoms with E-state index in [2.05, 4.69) is 15.7 Å². The molecule has 2 aromatic heterocycles. The number of nitrogens with one attached hydrogen (secondary N) is 2. The van der Waals surface area contributed by atoms with E-state index in [9.17, 15) is 14.0 Å². The van der Waals surface area contributed by atoms with Gasteiger partial charge in [0.1, 0.15) is 10.8 Å². The number of hydrogen-bond acceptors (Lipinski definition) is 6. The summed E-state index contributed by atoms with van der Waals surface area (Å²) in [7, 11) is 4.56. The first kappa shape index (κ1) is 23.4. The Morgan fingerprint density at radius 2 is 1.91 bits per heavy atom. The molecule has 0 saturated heterocycles. The number of hydrogen-bond donors (Lipinski definition) is 2. The van der Waals surface area contributed by atoms with E-state index in [-0.39, 0.29) is 22.4 Å². The molecule has 0 aliphatic heterocycles. The zero-order valence-electron chi connectivity index (χ0n) is 17.9. The second-order valence-corrected chi connectivity index (χ2v) is 8.48. The zero-order valence-corrected chi connectivity index (χ0v) is 19.6. The summed E-state index contributed by atoms with van der Waals surface area (Å²) in [6, 6.07) is 7.91. The summed E-state index contributed by atoms with van der Waals surface area (Å²) in [6.45, 7) is 2.16. The highest BCUT2D eigenvalue weighted by Crippen LogP contribution is 2.34. The molecule has 11 heteroatoms. The molecule has 2 heterocycles. The maximum atomic E-state index is 13.1. The monoisotopic (exact) mass is 475 g/mol. The molecular weight excluding hydrogens is 453 g/mol. The summed E-state index contributed by atoms with van der Waals surface area (Å²) in [5.41, 5.74) is 1.68. The van der Waals surface area contributed by atoms with Crippen LogP contribution in [0.4, 0.5) is 15.2 Å². The van der Waals surface area contributed by atoms with Gasteiger partial charge in [0.25, 0.3) is 5.91 Å². The average Bonchev–Trinajstić information content (AvgIpc) is 3.32. The maximum absolute atomic E-state index is 13.1. The smallest absolute Gasteiger partial charge is 0.341 e. The molecule has 32 heavy (non-hydrogen) atoms. The van der Waals surface area contributed by atoms with Crippen LogP contribution in [0.2, 0.25) is 0 Å². The van der Waals surface area contributed by atoms with Crippen molar-refractivity contribution in [2.75, 3.05) is 31.8 Å². The van der Waals surface area contributed by atoms with Gasteiger partial charge in [-0.3, -0.25) is 9.48 Å². The summed E-state index contributed by atoms with van der Waals surface area (Å²) in [5.74, 6) is -0.588. The van der Waals surface area contributed by atoms with Gasteiger partial charge >= 0.3 is 5.97 Å². The summed E-state index contributed by atoms with van der Waals surface area (Å²) in [4.78, 5) is 26.6. The lowest BCUT2D eigenvalue weighted by atomic mass is 10.1. The second-order valence-electron chi connectivity index (χ2n) is 7.06. The molecule has 0 saturated carbocycles. The lowest BCUT2D eigenvalue weighted by molar-refractivity contribution is 0.0601. The van der Waals surface area contributed by atoms with Crippen molar-refractivity contribution < 1.29 is 18.7 Å². The van der Waals surface area contributed by atoms with E-state index in [1.165, 1.54) is 24.1 Å². The van der Waals surface area contributed by atoms with Crippen molar-refractivity contribution in [2.24, 2.45) is 0 Å². The predicted molar refractivity (Wildman–Crippen MR) is 126 cm³/mol. The largest absolute Gasteiger partial charge is 0.465 e. The highest BCUT2D eigenvalue weighted by Gasteiger charge is 2.26. The van der Waals surface area contributed by atoms with Gasteiger partial charge in [0.15, 0.2) is 10.9 Å². The van der Waals surface area contributed by atoms with Gasteiger partial charge < -0.3 is 20.3 Å². The van der Waals surface area contributed by atoms with Crippen LogP contribution in [0, 0.1) is 12.7 Å². The van der Waals surface area contributed by atoms with Crippen LogP contribution in [0.1, 0.15) is 31.2 Å². The van der Waals surface area contributed by atoms with Crippen LogP contribution < -0.4 is 10.6 Å². The summed E-state index contributed by atoms with van der Waals surface area (Å²) >= 11 is 6.50. The Morgan fingerprint density at radius 1 is 1.22 bits per heavy atom. The first-order valence-corrected chi connectivity index (χ1v) is 10.7. The number of anilines is 2. The molecule has 3 aromatic rings. The minimum atomic E-state index is -0.564. The summed E-state index contributed by atoms with van der Waals surface area (Å²) in [6.07, 6.45) is 1.76. The molecule has 0 fully saturated rings. The van der Waals surface area contributed by atoms with Crippen LogP contribution in [0.3, 0.4) is 0 Å². The van der Waals surface area contributed by atoms with Crippen molar-refractivity contribution >= 4 is 51.4 Å². The first-order valence-electron chi connectivity index (χ1n) is 9.48. The summed E-state index contributed by atoms with van der Waals surface area (Å²) < 4.78 is 19.6. The zero-order chi connectivity index (χ0) is 23.4. The fraction of sp³-hybridized carbons (Fsp3) is 0.238. The van der Waals surface area contributed by atoms with Crippen LogP contribution in [-0.2, 0) is 11.3 Å². The topological polar surface area (TPSA) is 88.5 Å². The third-order valence-corrected chi connectivity index (χ3v) is 5.90. The maximum Gasteiger partial charge on any atom is 0.341 e. The lowest BCUT2D eigenvalue weighted by Gasteiger charge is -2.09. The number of halogens is 1. The number of carbonyl (C=O) groups excluding carboxylic acids is 2. The van der Waals surface area contributed by atoms with Gasteiger partial charge in [-0.15, -0.1) is 11.3 Å². The Kier molecular flexibility index (Phi) is 7.21. The highest BCUT2D eigenvalue weighted by molar-refractivity contribution is 7.80. The average molecular weight is 476 g/mol. The SMILES string of the molecule is COC(=O)c1c(NC(=S)Nc2ccn(Cc3ccc(F)cc3)n2)sc(C(=O)N(C)C)c1C. The Morgan fingerprint density at radius 3 is 2.53 bits per heavy atom. The number of carbonyl (C=O) groups is 2. The summed E-state index contributed by atoms with van der Waals surface area (Å²) in [5, 5.41) is 10.9. The van der Waals surface area contributed by atoms with Gasteiger partial charge in [0.2, 0.25) is 0 Å². The molecule has 0 aliphatic carbocycles. The molecule has 0 aliphatic rings. The number of rotatable bonds is 6. The van der Waals surface area contributed by atoms with Crippen LogP contribution >= 0.6 is 23.6 Å². The van der Waals surface area contributed by atoms with Crippen LogP contribution in [0.15, 0.2) is 36.5 Å². The Labute approximate surface area is 194 Å². The van der Waals surface area contributed by atoms with E-state index < -0.39 is 5.97 Å². The molecule has 3 rings (SSSR count). The fourth-order valence-electron chi connectivity index (χ4n) is 2.90. The number of esters is 1. The molecule has 0 atom stereocenters. The Balaban J connectivity index is 1.74. The predicted octanol–water partition coefficient (Wildman–Crippen LogP) is 3.74. The van der Waals surface area contributed by atoms with Gasteiger partial charge in [-0.25, -0.2) is 9.18 Å². The molecule has 1 aromatic carbocycles. The molecule has 0 spiro atoms. The van der Waals surface area contributed by atoms with Crippen LogP contribution in [0.25, 0.3) is 0 Å². The third-order valence-electron chi connectivity index (χ3n) is 4.50. The molecule has 8 nitrogen and oxygen atoms in total. The van der Waals surface area contributed by atoms with Crippen molar-refractivity contribution in [2.45, 2.75) is 13.5 Å². The number of thiocarbonyl (C=S) groups is 1. The number of nitrogens with zero attached hydrogens (tertiary/aromatic N) is 3. The van der Waals surface area contributed by atoms with E-state index in [0.717, 1.165) is 16.9 Å². The number of benzene rings is 1. The van der Waals surface area contributed by atoms with E-state index in [1.54, 1.807) is 50.1 Å². The number of methoxy groups -OCH3 is 1. The number of thiophene rings is 1. The van der Waals surface area contributed by atoms with E-state index in [4.69, 9.17) is 17.0 Å². The lowest BCUT2D eigenvalue weighted by Crippen LogP contribution is -2.21. The van der Waals surface area contributed by atoms with Gasteiger partial charge in [-0.1, -0.05) is 12.1 Å². The Bertz CT molecular complexity index is 1150. The van der Waals surface area contributed by atoms with Crippen LogP contribution in [-0.4, -0.2) is 52.9 Å². The minimum Gasteiger partial charge on any atom is -0.465 e. The van der Waals surface area contributed by atoms with Gasteiger partial charge in [-0.05, 0) is 42.4 Å². The molecule has 0 bridgehead atoms. The molecule has 1 amide bonds. The van der Waals surface area contributed by atoms with Crippen molar-refractivity contribution in [3.63, 3.8) is 0 Å². The van der Waals surface area contributed by atoms with E-state index >= 15 is 0 Å². The second kappa shape index (κ2) is 9.88. The van der Waals surface area contributed by atoms with E-state index in [1.807, 2.05) is 0 Å². The molecule has 168 valence electrons. The number of aromatic nitrogens is 2. The number of ether oxygens (including phenoxy) is 1. The van der Waals surface area contributed by atoms with Crippen molar-refractivity contribution in [1.29, 1.82) is 0 Å². The van der Waals surface area contributed by atoms with Crippen LogP contribution in [0.5, 0.6) is 0 Å². The number of amides is 1. The normalized spacial score (nSPS) is 10.5. The van der Waals surface area contributed by atoms with E-state index in [0.29, 0.717) is 27.8 Å². The highest BCUT2D eigenvalue weighted by atomic mass is 32.1. The molecular formula is C21H22FN5O3S2. The van der Waals surface area contributed by atoms with Gasteiger partial charge in [-0.2, -0.15) is 5.10 Å². The molecule has 0 unspecified atom stereocenters.